The molecule has 3 atom stereocenters. The van der Waals surface area contributed by atoms with Crippen molar-refractivity contribution in [2.24, 2.45) is 11.8 Å². The van der Waals surface area contributed by atoms with Gasteiger partial charge in [-0.25, -0.2) is 0 Å². The molecule has 1 aliphatic carbocycles. The summed E-state index contributed by atoms with van der Waals surface area (Å²) in [6.45, 7) is 3.86. The highest BCUT2D eigenvalue weighted by molar-refractivity contribution is 7.10. The van der Waals surface area contributed by atoms with Gasteiger partial charge in [0.25, 0.3) is 0 Å². The maximum Gasteiger partial charge on any atom is 0.308 e. The quantitative estimate of drug-likeness (QED) is 0.857. The third kappa shape index (κ3) is 2.72. The van der Waals surface area contributed by atoms with E-state index < -0.39 is 11.9 Å². The lowest BCUT2D eigenvalue weighted by molar-refractivity contribution is -0.141. The summed E-state index contributed by atoms with van der Waals surface area (Å²) in [5.74, 6) is -1.05. The molecule has 1 heterocycles. The molecular formula is C13H17NO3S. The minimum Gasteiger partial charge on any atom is -0.481 e. The largest absolute Gasteiger partial charge is 0.481 e. The zero-order chi connectivity index (χ0) is 13.3. The molecule has 1 fully saturated rings. The first-order valence-corrected chi connectivity index (χ1v) is 6.93. The fraction of sp³-hybridized carbons (Fsp3) is 0.538. The van der Waals surface area contributed by atoms with Crippen LogP contribution < -0.4 is 5.32 Å². The van der Waals surface area contributed by atoms with E-state index in [1.807, 2.05) is 5.38 Å². The van der Waals surface area contributed by atoms with Crippen molar-refractivity contribution in [1.29, 1.82) is 0 Å². The van der Waals surface area contributed by atoms with Crippen LogP contribution in [0.1, 0.15) is 29.7 Å². The number of nitrogens with one attached hydrogen (secondary N) is 1. The van der Waals surface area contributed by atoms with Crippen molar-refractivity contribution in [3.63, 3.8) is 0 Å². The van der Waals surface area contributed by atoms with Crippen LogP contribution in [0.25, 0.3) is 0 Å². The fourth-order valence-electron chi connectivity index (χ4n) is 2.01. The summed E-state index contributed by atoms with van der Waals surface area (Å²) in [5.41, 5.74) is 1.25. The molecule has 0 radical (unpaired) electrons. The van der Waals surface area contributed by atoms with E-state index in [9.17, 15) is 9.59 Å². The van der Waals surface area contributed by atoms with Crippen LogP contribution in [0.15, 0.2) is 11.4 Å². The van der Waals surface area contributed by atoms with Crippen LogP contribution in [0.2, 0.25) is 0 Å². The Morgan fingerprint density at radius 1 is 1.61 bits per heavy atom. The SMILES string of the molecule is Cc1ccsc1C1CC1C(=O)NCC(C)C(=O)O. The zero-order valence-electron chi connectivity index (χ0n) is 10.5. The Labute approximate surface area is 110 Å². The second-order valence-electron chi connectivity index (χ2n) is 4.90. The van der Waals surface area contributed by atoms with Gasteiger partial charge < -0.3 is 10.4 Å². The molecule has 1 amide bonds. The Hall–Kier alpha value is -1.36. The van der Waals surface area contributed by atoms with Gasteiger partial charge >= 0.3 is 5.97 Å². The number of hydrogen-bond acceptors (Lipinski definition) is 3. The number of rotatable bonds is 5. The number of carbonyl (C=O) groups is 2. The molecule has 5 heteroatoms. The van der Waals surface area contributed by atoms with Crippen LogP contribution in [-0.4, -0.2) is 23.5 Å². The number of carboxylic acid groups (broad SMARTS) is 1. The molecule has 0 saturated heterocycles. The number of carboxylic acids is 1. The summed E-state index contributed by atoms with van der Waals surface area (Å²) in [4.78, 5) is 23.8. The molecule has 1 aromatic heterocycles. The number of hydrogen-bond donors (Lipinski definition) is 2. The highest BCUT2D eigenvalue weighted by Gasteiger charge is 2.45. The smallest absolute Gasteiger partial charge is 0.308 e. The molecule has 4 nitrogen and oxygen atoms in total. The van der Waals surface area contributed by atoms with Gasteiger partial charge in [-0.05, 0) is 30.4 Å². The van der Waals surface area contributed by atoms with E-state index in [1.54, 1.807) is 18.3 Å². The van der Waals surface area contributed by atoms with Crippen LogP contribution in [0, 0.1) is 18.8 Å². The van der Waals surface area contributed by atoms with Gasteiger partial charge in [-0.1, -0.05) is 6.92 Å². The average Bonchev–Trinajstić information content (AvgIpc) is 3.01. The second-order valence-corrected chi connectivity index (χ2v) is 5.85. The van der Waals surface area contributed by atoms with E-state index in [-0.39, 0.29) is 18.4 Å². The van der Waals surface area contributed by atoms with Gasteiger partial charge in [-0.2, -0.15) is 0 Å². The minimum absolute atomic E-state index is 0.0131. The molecule has 18 heavy (non-hydrogen) atoms. The average molecular weight is 267 g/mol. The van der Waals surface area contributed by atoms with Gasteiger partial charge in [0.15, 0.2) is 0 Å². The lowest BCUT2D eigenvalue weighted by Gasteiger charge is -2.08. The van der Waals surface area contributed by atoms with Crippen LogP contribution in [0.3, 0.4) is 0 Å². The Morgan fingerprint density at radius 3 is 2.89 bits per heavy atom. The number of aliphatic carboxylic acids is 1. The van der Waals surface area contributed by atoms with Crippen molar-refractivity contribution < 1.29 is 14.7 Å². The van der Waals surface area contributed by atoms with Gasteiger partial charge in [-0.3, -0.25) is 9.59 Å². The first-order chi connectivity index (χ1) is 8.50. The number of carbonyl (C=O) groups excluding carboxylic acids is 1. The lowest BCUT2D eigenvalue weighted by Crippen LogP contribution is -2.32. The second kappa shape index (κ2) is 5.10. The molecule has 1 saturated carbocycles. The number of thiophene rings is 1. The molecule has 0 aromatic carbocycles. The molecule has 1 aromatic rings. The monoisotopic (exact) mass is 267 g/mol. The highest BCUT2D eigenvalue weighted by atomic mass is 32.1. The standard InChI is InChI=1S/C13H17NO3S/c1-7-3-4-18-11(7)9-5-10(9)12(15)14-6-8(2)13(16)17/h3-4,8-10H,5-6H2,1-2H3,(H,14,15)(H,16,17). The van der Waals surface area contributed by atoms with Gasteiger partial charge in [0.2, 0.25) is 5.91 Å². The Morgan fingerprint density at radius 2 is 2.33 bits per heavy atom. The lowest BCUT2D eigenvalue weighted by atomic mass is 10.1. The number of aryl methyl sites for hydroxylation is 1. The van der Waals surface area contributed by atoms with Gasteiger partial charge in [-0.15, -0.1) is 11.3 Å². The molecule has 1 aliphatic rings. The molecule has 2 N–H and O–H groups in total. The maximum atomic E-state index is 11.8. The van der Waals surface area contributed by atoms with E-state index in [1.165, 1.54) is 10.4 Å². The fourth-order valence-corrected chi connectivity index (χ4v) is 3.12. The summed E-state index contributed by atoms with van der Waals surface area (Å²) in [6.07, 6.45) is 0.884. The summed E-state index contributed by atoms with van der Waals surface area (Å²) in [6, 6.07) is 2.07. The maximum absolute atomic E-state index is 11.8. The van der Waals surface area contributed by atoms with Crippen LogP contribution in [0.4, 0.5) is 0 Å². The van der Waals surface area contributed by atoms with E-state index in [0.717, 1.165) is 6.42 Å². The molecule has 98 valence electrons. The summed E-state index contributed by atoms with van der Waals surface area (Å²) in [5, 5.41) is 13.5. The molecule has 3 unspecified atom stereocenters. The highest BCUT2D eigenvalue weighted by Crippen LogP contribution is 2.50. The molecule has 0 aliphatic heterocycles. The van der Waals surface area contributed by atoms with E-state index in [0.29, 0.717) is 5.92 Å². The molecule has 2 rings (SSSR count). The van der Waals surface area contributed by atoms with E-state index in [4.69, 9.17) is 5.11 Å². The first-order valence-electron chi connectivity index (χ1n) is 6.05. The van der Waals surface area contributed by atoms with Crippen molar-refractivity contribution >= 4 is 23.2 Å². The summed E-state index contributed by atoms with van der Waals surface area (Å²) < 4.78 is 0. The van der Waals surface area contributed by atoms with Gasteiger partial charge in [0.05, 0.1) is 5.92 Å². The molecular weight excluding hydrogens is 250 g/mol. The Balaban J connectivity index is 1.83. The van der Waals surface area contributed by atoms with Crippen molar-refractivity contribution in [3.05, 3.63) is 21.9 Å². The van der Waals surface area contributed by atoms with Crippen LogP contribution in [-0.2, 0) is 9.59 Å². The van der Waals surface area contributed by atoms with Crippen LogP contribution >= 0.6 is 11.3 Å². The van der Waals surface area contributed by atoms with Gasteiger partial charge in [0.1, 0.15) is 0 Å². The third-order valence-electron chi connectivity index (χ3n) is 3.37. The molecule has 0 spiro atoms. The first kappa shape index (κ1) is 13.1. The normalized spacial score (nSPS) is 23.4. The summed E-state index contributed by atoms with van der Waals surface area (Å²) >= 11 is 1.70. The predicted octanol–water partition coefficient (Wildman–Crippen LogP) is 2.00. The van der Waals surface area contributed by atoms with Crippen molar-refractivity contribution in [2.75, 3.05) is 6.54 Å². The van der Waals surface area contributed by atoms with Crippen molar-refractivity contribution in [2.45, 2.75) is 26.2 Å². The third-order valence-corrected chi connectivity index (χ3v) is 4.52. The van der Waals surface area contributed by atoms with Crippen molar-refractivity contribution in [1.82, 2.24) is 5.32 Å². The van der Waals surface area contributed by atoms with Crippen LogP contribution in [0.5, 0.6) is 0 Å². The Bertz CT molecular complexity index is 469. The summed E-state index contributed by atoms with van der Waals surface area (Å²) in [7, 11) is 0. The predicted molar refractivity (Wildman–Crippen MR) is 69.7 cm³/mol. The van der Waals surface area contributed by atoms with E-state index >= 15 is 0 Å². The van der Waals surface area contributed by atoms with Crippen molar-refractivity contribution in [3.8, 4) is 0 Å². The molecule has 0 bridgehead atoms. The minimum atomic E-state index is -0.878. The van der Waals surface area contributed by atoms with E-state index in [2.05, 4.69) is 18.3 Å². The zero-order valence-corrected chi connectivity index (χ0v) is 11.3. The number of amides is 1. The topological polar surface area (TPSA) is 66.4 Å². The Kier molecular flexibility index (Phi) is 3.71. The van der Waals surface area contributed by atoms with Gasteiger partial charge in [0, 0.05) is 23.3 Å².